The Morgan fingerprint density at radius 3 is 3.04 bits per heavy atom. The maximum absolute atomic E-state index is 6.39. The molecule has 4 heterocycles. The zero-order chi connectivity index (χ0) is 16.0. The molecule has 3 unspecified atom stereocenters. The van der Waals surface area contributed by atoms with Crippen LogP contribution in [-0.2, 0) is 16.8 Å². The molecule has 1 spiro atoms. The fourth-order valence-corrected chi connectivity index (χ4v) is 5.51. The maximum atomic E-state index is 6.39. The number of aromatic nitrogens is 1. The second-order valence-corrected chi connectivity index (χ2v) is 8.51. The van der Waals surface area contributed by atoms with Crippen LogP contribution >= 0.6 is 22.9 Å². The van der Waals surface area contributed by atoms with Crippen LogP contribution in [-0.4, -0.2) is 17.6 Å². The molecule has 4 rings (SSSR count). The fourth-order valence-electron chi connectivity index (χ4n) is 4.04. The van der Waals surface area contributed by atoms with Crippen molar-refractivity contribution in [1.82, 2.24) is 10.3 Å². The van der Waals surface area contributed by atoms with Gasteiger partial charge in [-0.1, -0.05) is 17.7 Å². The van der Waals surface area contributed by atoms with Gasteiger partial charge in [-0.05, 0) is 49.4 Å². The summed E-state index contributed by atoms with van der Waals surface area (Å²) in [6, 6.07) is 5.00. The molecule has 2 aromatic rings. The summed E-state index contributed by atoms with van der Waals surface area (Å²) in [5.41, 5.74) is 3.61. The molecule has 0 saturated carbocycles. The lowest BCUT2D eigenvalue weighted by Crippen LogP contribution is -2.49. The van der Waals surface area contributed by atoms with Gasteiger partial charge in [0.05, 0.1) is 10.9 Å². The first-order valence-electron chi connectivity index (χ1n) is 8.16. The molecular weight excluding hydrogens is 328 g/mol. The molecule has 1 fully saturated rings. The minimum atomic E-state index is -0.204. The number of nitrogens with one attached hydrogen (secondary N) is 1. The molecular formula is C18H21ClN2OS. The summed E-state index contributed by atoms with van der Waals surface area (Å²) in [6.07, 6.45) is 6.78. The molecule has 122 valence electrons. The first-order chi connectivity index (χ1) is 11.1. The molecule has 2 aliphatic heterocycles. The zero-order valence-electron chi connectivity index (χ0n) is 13.4. The van der Waals surface area contributed by atoms with Gasteiger partial charge >= 0.3 is 0 Å². The lowest BCUT2D eigenvalue weighted by Gasteiger charge is -2.46. The molecule has 3 atom stereocenters. The van der Waals surface area contributed by atoms with Crippen LogP contribution in [0.25, 0.3) is 0 Å². The van der Waals surface area contributed by atoms with Crippen molar-refractivity contribution in [2.45, 2.75) is 50.8 Å². The Bertz CT molecular complexity index is 732. The molecule has 2 aliphatic rings. The number of hydrogen-bond donors (Lipinski definition) is 1. The van der Waals surface area contributed by atoms with E-state index in [2.05, 4.69) is 36.3 Å². The second-order valence-electron chi connectivity index (χ2n) is 6.82. The molecule has 23 heavy (non-hydrogen) atoms. The van der Waals surface area contributed by atoms with Gasteiger partial charge in [0.25, 0.3) is 0 Å². The Kier molecular flexibility index (Phi) is 3.96. The van der Waals surface area contributed by atoms with Crippen molar-refractivity contribution >= 4 is 22.9 Å². The third-order valence-electron chi connectivity index (χ3n) is 4.90. The highest BCUT2D eigenvalue weighted by Gasteiger charge is 2.46. The number of halogens is 1. The predicted octanol–water partition coefficient (Wildman–Crippen LogP) is 4.39. The topological polar surface area (TPSA) is 34.2 Å². The van der Waals surface area contributed by atoms with E-state index >= 15 is 0 Å². The first kappa shape index (κ1) is 15.6. The van der Waals surface area contributed by atoms with Crippen molar-refractivity contribution in [3.63, 3.8) is 0 Å². The quantitative estimate of drug-likeness (QED) is 0.830. The van der Waals surface area contributed by atoms with Gasteiger partial charge in [0, 0.05) is 35.8 Å². The Hall–Kier alpha value is -0.940. The number of fused-ring (bicyclic) bond motifs is 2. The summed E-state index contributed by atoms with van der Waals surface area (Å²) < 4.78 is 7.26. The third kappa shape index (κ3) is 2.82. The largest absolute Gasteiger partial charge is 0.369 e. The molecule has 0 aromatic carbocycles. The van der Waals surface area contributed by atoms with E-state index in [-0.39, 0.29) is 11.6 Å². The number of rotatable bonds is 1. The van der Waals surface area contributed by atoms with E-state index in [1.165, 1.54) is 21.6 Å². The molecule has 3 nitrogen and oxygen atoms in total. The number of hydrogen-bond acceptors (Lipinski definition) is 4. The van der Waals surface area contributed by atoms with E-state index in [1.54, 1.807) is 11.3 Å². The summed E-state index contributed by atoms with van der Waals surface area (Å²) in [6.45, 7) is 5.11. The molecule has 0 aliphatic carbocycles. The Labute approximate surface area is 146 Å². The smallest absolute Gasteiger partial charge is 0.106 e. The van der Waals surface area contributed by atoms with E-state index in [9.17, 15) is 0 Å². The highest BCUT2D eigenvalue weighted by molar-refractivity contribution is 7.16. The van der Waals surface area contributed by atoms with Gasteiger partial charge in [-0.15, -0.1) is 11.3 Å². The molecule has 0 amide bonds. The van der Waals surface area contributed by atoms with Gasteiger partial charge in [-0.3, -0.25) is 4.98 Å². The second kappa shape index (κ2) is 5.85. The SMILES string of the molecule is Cc1cncc(C2CC3(CC(C)N2)OCCc2cc(Cl)sc23)c1. The number of thiophene rings is 1. The lowest BCUT2D eigenvalue weighted by molar-refractivity contribution is -0.0954. The monoisotopic (exact) mass is 348 g/mol. The minimum absolute atomic E-state index is 0.204. The van der Waals surface area contributed by atoms with Crippen LogP contribution in [0, 0.1) is 6.92 Å². The summed E-state index contributed by atoms with van der Waals surface area (Å²) in [5.74, 6) is 0. The van der Waals surface area contributed by atoms with Crippen molar-refractivity contribution in [3.05, 3.63) is 50.4 Å². The van der Waals surface area contributed by atoms with E-state index in [4.69, 9.17) is 16.3 Å². The van der Waals surface area contributed by atoms with Crippen LogP contribution in [0.4, 0.5) is 0 Å². The Balaban J connectivity index is 1.73. The predicted molar refractivity (Wildman–Crippen MR) is 94.2 cm³/mol. The highest BCUT2D eigenvalue weighted by atomic mass is 35.5. The summed E-state index contributed by atoms with van der Waals surface area (Å²) in [5, 5.41) is 3.72. The summed E-state index contributed by atoms with van der Waals surface area (Å²) in [7, 11) is 0. The number of piperidine rings is 1. The van der Waals surface area contributed by atoms with Gasteiger partial charge < -0.3 is 10.1 Å². The molecule has 1 N–H and O–H groups in total. The average Bonchev–Trinajstić information content (AvgIpc) is 2.89. The van der Waals surface area contributed by atoms with Crippen LogP contribution in [0.5, 0.6) is 0 Å². The van der Waals surface area contributed by atoms with Gasteiger partial charge in [0.2, 0.25) is 0 Å². The van der Waals surface area contributed by atoms with Gasteiger partial charge in [0.1, 0.15) is 5.60 Å². The highest BCUT2D eigenvalue weighted by Crippen LogP contribution is 2.49. The maximum Gasteiger partial charge on any atom is 0.106 e. The van der Waals surface area contributed by atoms with Crippen LogP contribution in [0.1, 0.15) is 47.4 Å². The van der Waals surface area contributed by atoms with Crippen LogP contribution in [0.2, 0.25) is 4.34 Å². The first-order valence-corrected chi connectivity index (χ1v) is 9.35. The van der Waals surface area contributed by atoms with Crippen LogP contribution in [0.15, 0.2) is 24.5 Å². The van der Waals surface area contributed by atoms with E-state index in [1.807, 2.05) is 12.4 Å². The van der Waals surface area contributed by atoms with Crippen molar-refractivity contribution in [3.8, 4) is 0 Å². The number of ether oxygens (including phenoxy) is 1. The Morgan fingerprint density at radius 2 is 2.22 bits per heavy atom. The van der Waals surface area contributed by atoms with Crippen LogP contribution < -0.4 is 5.32 Å². The average molecular weight is 349 g/mol. The molecule has 0 radical (unpaired) electrons. The third-order valence-corrected chi connectivity index (χ3v) is 6.39. The minimum Gasteiger partial charge on any atom is -0.369 e. The standard InChI is InChI=1S/C18H21ClN2OS/c1-11-5-14(10-20-9-11)15-8-18(7-12(2)21-15)17-13(3-4-22-18)6-16(19)23-17/h5-6,9-10,12,15,21H,3-4,7-8H2,1-2H3. The van der Waals surface area contributed by atoms with Crippen molar-refractivity contribution < 1.29 is 4.74 Å². The van der Waals surface area contributed by atoms with Gasteiger partial charge in [-0.25, -0.2) is 0 Å². The Morgan fingerprint density at radius 1 is 1.35 bits per heavy atom. The molecule has 1 saturated heterocycles. The zero-order valence-corrected chi connectivity index (χ0v) is 15.0. The fraction of sp³-hybridized carbons (Fsp3) is 0.500. The molecule has 5 heteroatoms. The van der Waals surface area contributed by atoms with Gasteiger partial charge in [0.15, 0.2) is 0 Å². The van der Waals surface area contributed by atoms with E-state index < -0.39 is 0 Å². The van der Waals surface area contributed by atoms with Crippen molar-refractivity contribution in [2.75, 3.05) is 6.61 Å². The van der Waals surface area contributed by atoms with Gasteiger partial charge in [-0.2, -0.15) is 0 Å². The van der Waals surface area contributed by atoms with E-state index in [0.29, 0.717) is 6.04 Å². The number of pyridine rings is 1. The summed E-state index contributed by atoms with van der Waals surface area (Å²) >= 11 is 8.00. The van der Waals surface area contributed by atoms with Crippen molar-refractivity contribution in [2.24, 2.45) is 0 Å². The van der Waals surface area contributed by atoms with E-state index in [0.717, 1.165) is 30.2 Å². The molecule has 0 bridgehead atoms. The number of aryl methyl sites for hydroxylation is 1. The van der Waals surface area contributed by atoms with Crippen molar-refractivity contribution in [1.29, 1.82) is 0 Å². The number of nitrogens with zero attached hydrogens (tertiary/aromatic N) is 1. The molecule has 2 aromatic heterocycles. The summed E-state index contributed by atoms with van der Waals surface area (Å²) in [4.78, 5) is 5.71. The lowest BCUT2D eigenvalue weighted by atomic mass is 9.78. The normalized spacial score (nSPS) is 30.4. The van der Waals surface area contributed by atoms with Crippen LogP contribution in [0.3, 0.4) is 0 Å².